The zero-order chi connectivity index (χ0) is 23.2. The van der Waals surface area contributed by atoms with Crippen molar-refractivity contribution < 1.29 is 16.8 Å². The molecule has 0 saturated carbocycles. The summed E-state index contributed by atoms with van der Waals surface area (Å²) in [7, 11) is -3.69. The molecule has 0 atom stereocenters. The molecule has 0 bridgehead atoms. The van der Waals surface area contributed by atoms with Crippen LogP contribution in [0.5, 0.6) is 0 Å². The molecule has 8 nitrogen and oxygen atoms in total. The van der Waals surface area contributed by atoms with Crippen LogP contribution in [0, 0.1) is 0 Å². The summed E-state index contributed by atoms with van der Waals surface area (Å²) in [6.45, 7) is 7.38. The van der Waals surface area contributed by atoms with Crippen LogP contribution in [0.1, 0.15) is 40.0 Å². The molecule has 176 valence electrons. The van der Waals surface area contributed by atoms with Gasteiger partial charge >= 0.3 is 0 Å². The average molecular weight is 491 g/mol. The summed E-state index contributed by atoms with van der Waals surface area (Å²) < 4.78 is 54.5. The second-order valence-corrected chi connectivity index (χ2v) is 12.7. The van der Waals surface area contributed by atoms with Crippen molar-refractivity contribution in [3.05, 3.63) is 18.2 Å². The van der Waals surface area contributed by atoms with Crippen molar-refractivity contribution in [2.24, 2.45) is 0 Å². The van der Waals surface area contributed by atoms with Crippen LogP contribution in [0.4, 0.5) is 0 Å². The number of thioether (sulfide) groups is 1. The number of aryl methyl sites for hydroxylation is 1. The second-order valence-electron chi connectivity index (χ2n) is 7.44. The fourth-order valence-corrected chi connectivity index (χ4v) is 6.71. The van der Waals surface area contributed by atoms with Gasteiger partial charge in [0.15, 0.2) is 5.16 Å². The molecule has 0 N–H and O–H groups in total. The molecule has 0 aliphatic carbocycles. The lowest BCUT2D eigenvalue weighted by Gasteiger charge is -2.18. The minimum atomic E-state index is -3.55. The molecule has 0 aliphatic heterocycles. The first kappa shape index (κ1) is 26.1. The molecule has 11 heteroatoms. The third-order valence-electron chi connectivity index (χ3n) is 5.10. The monoisotopic (exact) mass is 490 g/mol. The van der Waals surface area contributed by atoms with Gasteiger partial charge in [0.2, 0.25) is 20.0 Å². The number of sulfonamides is 2. The van der Waals surface area contributed by atoms with Gasteiger partial charge in [-0.2, -0.15) is 4.31 Å². The number of hydrogen-bond acceptors (Lipinski definition) is 6. The Balaban J connectivity index is 2.31. The van der Waals surface area contributed by atoms with E-state index in [-0.39, 0.29) is 10.6 Å². The Morgan fingerprint density at radius 2 is 1.71 bits per heavy atom. The summed E-state index contributed by atoms with van der Waals surface area (Å²) in [6.07, 6.45) is 2.52. The highest BCUT2D eigenvalue weighted by Gasteiger charge is 2.23. The first-order chi connectivity index (χ1) is 14.6. The molecule has 0 aliphatic rings. The van der Waals surface area contributed by atoms with E-state index in [0.717, 1.165) is 30.1 Å². The summed E-state index contributed by atoms with van der Waals surface area (Å²) in [6, 6.07) is 5.12. The second kappa shape index (κ2) is 11.1. The minimum Gasteiger partial charge on any atom is -0.319 e. The quantitative estimate of drug-likeness (QED) is 0.316. The van der Waals surface area contributed by atoms with Crippen molar-refractivity contribution >= 4 is 42.8 Å². The van der Waals surface area contributed by atoms with Gasteiger partial charge in [0, 0.05) is 39.5 Å². The van der Waals surface area contributed by atoms with Crippen LogP contribution in [-0.2, 0) is 26.6 Å². The Hall–Kier alpha value is -1.14. The van der Waals surface area contributed by atoms with Gasteiger partial charge in [-0.25, -0.2) is 26.1 Å². The maximum atomic E-state index is 12.9. The van der Waals surface area contributed by atoms with E-state index in [4.69, 9.17) is 4.98 Å². The van der Waals surface area contributed by atoms with E-state index in [0.29, 0.717) is 30.8 Å². The van der Waals surface area contributed by atoms with Crippen LogP contribution in [0.25, 0.3) is 11.0 Å². The summed E-state index contributed by atoms with van der Waals surface area (Å²) in [5.74, 6) is 0.710. The van der Waals surface area contributed by atoms with Crippen molar-refractivity contribution in [1.82, 2.24) is 18.2 Å². The number of rotatable bonds is 13. The highest BCUT2D eigenvalue weighted by Crippen LogP contribution is 2.28. The molecule has 1 aromatic heterocycles. The van der Waals surface area contributed by atoms with Gasteiger partial charge in [-0.15, -0.1) is 0 Å². The lowest BCUT2D eigenvalue weighted by atomic mass is 10.3. The van der Waals surface area contributed by atoms with Crippen molar-refractivity contribution in [2.45, 2.75) is 56.6 Å². The largest absolute Gasteiger partial charge is 0.319 e. The molecule has 0 unspecified atom stereocenters. The molecule has 31 heavy (non-hydrogen) atoms. The van der Waals surface area contributed by atoms with Crippen LogP contribution < -0.4 is 0 Å². The number of benzene rings is 1. The van der Waals surface area contributed by atoms with Crippen molar-refractivity contribution in [2.75, 3.05) is 38.7 Å². The topological polar surface area (TPSA) is 92.6 Å². The van der Waals surface area contributed by atoms with Crippen molar-refractivity contribution in [3.63, 3.8) is 0 Å². The van der Waals surface area contributed by atoms with E-state index in [1.807, 2.05) is 19.9 Å². The number of aromatic nitrogens is 2. The van der Waals surface area contributed by atoms with Gasteiger partial charge < -0.3 is 4.57 Å². The fourth-order valence-electron chi connectivity index (χ4n) is 3.19. The normalized spacial score (nSPS) is 13.0. The lowest BCUT2D eigenvalue weighted by Crippen LogP contribution is -2.30. The zero-order valence-corrected chi connectivity index (χ0v) is 21.5. The smallest absolute Gasteiger partial charge is 0.243 e. The summed E-state index contributed by atoms with van der Waals surface area (Å²) in [5.41, 5.74) is 1.54. The average Bonchev–Trinajstić information content (AvgIpc) is 3.06. The first-order valence-corrected chi connectivity index (χ1v) is 14.6. The van der Waals surface area contributed by atoms with E-state index in [2.05, 4.69) is 11.5 Å². The maximum absolute atomic E-state index is 12.9. The van der Waals surface area contributed by atoms with Gasteiger partial charge in [-0.1, -0.05) is 39.0 Å². The van der Waals surface area contributed by atoms with Crippen molar-refractivity contribution in [3.8, 4) is 0 Å². The SMILES string of the molecule is CCCCn1c(SCCCS(=O)(=O)N(C)C)nc2cc(S(=O)(=O)N(CC)CC)ccc21. The molecule has 0 fully saturated rings. The van der Waals surface area contributed by atoms with Gasteiger partial charge in [0.25, 0.3) is 0 Å². The maximum Gasteiger partial charge on any atom is 0.243 e. The summed E-state index contributed by atoms with van der Waals surface area (Å²) >= 11 is 1.51. The molecule has 1 heterocycles. The Bertz CT molecular complexity index is 1080. The number of unbranched alkanes of at least 4 members (excludes halogenated alkanes) is 1. The molecular formula is C20H34N4O4S3. The standard InChI is InChI=1S/C20H34N4O4S3/c1-6-9-13-24-19-12-11-17(31(27,28)23(7-2)8-3)16-18(19)21-20(24)29-14-10-15-30(25,26)22(4)5/h11-12,16H,6-10,13-15H2,1-5H3. The highest BCUT2D eigenvalue weighted by molar-refractivity contribution is 7.99. The third kappa shape index (κ3) is 6.22. The Morgan fingerprint density at radius 1 is 1.03 bits per heavy atom. The van der Waals surface area contributed by atoms with Crippen LogP contribution >= 0.6 is 11.8 Å². The number of hydrogen-bond donors (Lipinski definition) is 0. The Kier molecular flexibility index (Phi) is 9.38. The van der Waals surface area contributed by atoms with E-state index in [9.17, 15) is 16.8 Å². The van der Waals surface area contributed by atoms with E-state index in [1.165, 1.54) is 34.5 Å². The van der Waals surface area contributed by atoms with Gasteiger partial charge in [0.05, 0.1) is 21.7 Å². The van der Waals surface area contributed by atoms with Crippen molar-refractivity contribution in [1.29, 1.82) is 0 Å². The molecule has 0 radical (unpaired) electrons. The van der Waals surface area contributed by atoms with Gasteiger partial charge in [-0.3, -0.25) is 0 Å². The van der Waals surface area contributed by atoms with Gasteiger partial charge in [0.1, 0.15) is 0 Å². The van der Waals surface area contributed by atoms with Crippen LogP contribution in [0.3, 0.4) is 0 Å². The van der Waals surface area contributed by atoms with Crippen LogP contribution in [-0.4, -0.2) is 73.7 Å². The van der Waals surface area contributed by atoms with Crippen LogP contribution in [0.2, 0.25) is 0 Å². The predicted molar refractivity (Wildman–Crippen MR) is 128 cm³/mol. The van der Waals surface area contributed by atoms with E-state index < -0.39 is 20.0 Å². The molecule has 0 amide bonds. The number of fused-ring (bicyclic) bond motifs is 1. The molecule has 0 spiro atoms. The zero-order valence-electron chi connectivity index (χ0n) is 19.0. The van der Waals surface area contributed by atoms with Crippen LogP contribution in [0.15, 0.2) is 28.3 Å². The minimum absolute atomic E-state index is 0.0917. The predicted octanol–water partition coefficient (Wildman–Crippen LogP) is 3.24. The molecular weight excluding hydrogens is 456 g/mol. The first-order valence-electron chi connectivity index (χ1n) is 10.6. The fraction of sp³-hybridized carbons (Fsp3) is 0.650. The number of nitrogens with zero attached hydrogens (tertiary/aromatic N) is 4. The Labute approximate surface area is 191 Å². The summed E-state index contributed by atoms with van der Waals surface area (Å²) in [4.78, 5) is 4.95. The molecule has 2 aromatic rings. The third-order valence-corrected chi connectivity index (χ3v) is 10.1. The molecule has 1 aromatic carbocycles. The molecule has 0 saturated heterocycles. The highest BCUT2D eigenvalue weighted by atomic mass is 32.2. The number of imidazole rings is 1. The Morgan fingerprint density at radius 3 is 2.29 bits per heavy atom. The van der Waals surface area contributed by atoms with Gasteiger partial charge in [-0.05, 0) is 31.0 Å². The van der Waals surface area contributed by atoms with E-state index in [1.54, 1.807) is 12.1 Å². The lowest BCUT2D eigenvalue weighted by molar-refractivity contribution is 0.445. The molecule has 2 rings (SSSR count). The summed E-state index contributed by atoms with van der Waals surface area (Å²) in [5, 5.41) is 0.795. The van der Waals surface area contributed by atoms with E-state index >= 15 is 0 Å².